The molecule has 0 spiro atoms. The maximum atomic E-state index is 5.43. The summed E-state index contributed by atoms with van der Waals surface area (Å²) in [4.78, 5) is 0. The third-order valence-electron chi connectivity index (χ3n) is 2.48. The van der Waals surface area contributed by atoms with Crippen LogP contribution in [0.5, 0.6) is 0 Å². The summed E-state index contributed by atoms with van der Waals surface area (Å²) in [6.45, 7) is 3.07. The standard InChI is InChI=1S/C11H20O/c1-2-3-9-12-10-11-7-5-4-6-8-11/h3,9,11H,2,4-8,10H2,1H3. The van der Waals surface area contributed by atoms with Crippen molar-refractivity contribution in [2.24, 2.45) is 5.92 Å². The Morgan fingerprint density at radius 1 is 1.25 bits per heavy atom. The highest BCUT2D eigenvalue weighted by Gasteiger charge is 2.12. The molecule has 0 aromatic rings. The van der Waals surface area contributed by atoms with Crippen LogP contribution in [0.3, 0.4) is 0 Å². The molecule has 1 aliphatic carbocycles. The van der Waals surface area contributed by atoms with Gasteiger partial charge < -0.3 is 4.74 Å². The van der Waals surface area contributed by atoms with Crippen molar-refractivity contribution in [3.63, 3.8) is 0 Å². The fraction of sp³-hybridized carbons (Fsp3) is 0.818. The van der Waals surface area contributed by atoms with E-state index in [0.717, 1.165) is 18.9 Å². The Hall–Kier alpha value is -0.460. The van der Waals surface area contributed by atoms with Crippen LogP contribution in [0.1, 0.15) is 45.4 Å². The lowest BCUT2D eigenvalue weighted by molar-refractivity contribution is 0.165. The van der Waals surface area contributed by atoms with E-state index in [0.29, 0.717) is 0 Å². The summed E-state index contributed by atoms with van der Waals surface area (Å²) in [7, 11) is 0. The fourth-order valence-corrected chi connectivity index (χ4v) is 1.71. The molecule has 0 saturated heterocycles. The Morgan fingerprint density at radius 3 is 2.67 bits per heavy atom. The van der Waals surface area contributed by atoms with E-state index in [1.54, 1.807) is 0 Å². The summed E-state index contributed by atoms with van der Waals surface area (Å²) in [6, 6.07) is 0. The van der Waals surface area contributed by atoms with Crippen molar-refractivity contribution < 1.29 is 4.74 Å². The molecule has 1 rings (SSSR count). The second kappa shape index (κ2) is 6.10. The van der Waals surface area contributed by atoms with Gasteiger partial charge in [0, 0.05) is 0 Å². The topological polar surface area (TPSA) is 9.23 Å². The van der Waals surface area contributed by atoms with Gasteiger partial charge in [0.05, 0.1) is 12.9 Å². The minimum Gasteiger partial charge on any atom is -0.501 e. The van der Waals surface area contributed by atoms with Crippen LogP contribution in [0.2, 0.25) is 0 Å². The van der Waals surface area contributed by atoms with Gasteiger partial charge in [0.2, 0.25) is 0 Å². The SMILES string of the molecule is CCC=COCC1CCCCC1. The molecule has 0 bridgehead atoms. The lowest BCUT2D eigenvalue weighted by Gasteiger charge is -2.20. The van der Waals surface area contributed by atoms with Crippen molar-refractivity contribution in [3.05, 3.63) is 12.3 Å². The van der Waals surface area contributed by atoms with Crippen LogP contribution in [0.4, 0.5) is 0 Å². The smallest absolute Gasteiger partial charge is 0.0901 e. The molecule has 1 fully saturated rings. The average molecular weight is 168 g/mol. The van der Waals surface area contributed by atoms with Crippen molar-refractivity contribution in [2.45, 2.75) is 45.4 Å². The molecule has 0 unspecified atom stereocenters. The van der Waals surface area contributed by atoms with Crippen molar-refractivity contribution in [3.8, 4) is 0 Å². The van der Waals surface area contributed by atoms with Gasteiger partial charge >= 0.3 is 0 Å². The monoisotopic (exact) mass is 168 g/mol. The van der Waals surface area contributed by atoms with E-state index in [2.05, 4.69) is 13.0 Å². The first-order chi connectivity index (χ1) is 5.93. The predicted molar refractivity (Wildman–Crippen MR) is 52.0 cm³/mol. The zero-order valence-electron chi connectivity index (χ0n) is 8.09. The predicted octanol–water partition coefficient (Wildman–Crippen LogP) is 3.51. The quantitative estimate of drug-likeness (QED) is 0.584. The van der Waals surface area contributed by atoms with E-state index in [4.69, 9.17) is 4.74 Å². The van der Waals surface area contributed by atoms with Crippen LogP contribution >= 0.6 is 0 Å². The highest BCUT2D eigenvalue weighted by atomic mass is 16.5. The summed E-state index contributed by atoms with van der Waals surface area (Å²) < 4.78 is 5.43. The van der Waals surface area contributed by atoms with Gasteiger partial charge in [-0.15, -0.1) is 0 Å². The molecule has 0 amide bonds. The molecular formula is C11H20O. The first-order valence-corrected chi connectivity index (χ1v) is 5.20. The van der Waals surface area contributed by atoms with E-state index in [-0.39, 0.29) is 0 Å². The van der Waals surface area contributed by atoms with E-state index in [9.17, 15) is 0 Å². The summed E-state index contributed by atoms with van der Waals surface area (Å²) in [5.74, 6) is 0.834. The van der Waals surface area contributed by atoms with Gasteiger partial charge in [-0.2, -0.15) is 0 Å². The van der Waals surface area contributed by atoms with Crippen LogP contribution in [-0.4, -0.2) is 6.61 Å². The van der Waals surface area contributed by atoms with Crippen LogP contribution in [0.25, 0.3) is 0 Å². The number of rotatable bonds is 4. The second-order valence-electron chi connectivity index (χ2n) is 3.62. The fourth-order valence-electron chi connectivity index (χ4n) is 1.71. The highest BCUT2D eigenvalue weighted by Crippen LogP contribution is 2.23. The van der Waals surface area contributed by atoms with Crippen molar-refractivity contribution >= 4 is 0 Å². The number of hydrogen-bond acceptors (Lipinski definition) is 1. The Morgan fingerprint density at radius 2 is 2.00 bits per heavy atom. The third kappa shape index (κ3) is 3.80. The molecule has 0 aromatic carbocycles. The molecular weight excluding hydrogens is 148 g/mol. The molecule has 0 aliphatic heterocycles. The summed E-state index contributed by atoms with van der Waals surface area (Å²) in [6.07, 6.45) is 12.0. The van der Waals surface area contributed by atoms with Gasteiger partial charge in [-0.1, -0.05) is 32.3 Å². The molecule has 12 heavy (non-hydrogen) atoms. The van der Waals surface area contributed by atoms with Crippen LogP contribution in [0.15, 0.2) is 12.3 Å². The van der Waals surface area contributed by atoms with Crippen molar-refractivity contribution in [1.82, 2.24) is 0 Å². The minimum absolute atomic E-state index is 0.834. The van der Waals surface area contributed by atoms with Crippen LogP contribution in [-0.2, 0) is 4.74 Å². The molecule has 70 valence electrons. The lowest BCUT2D eigenvalue weighted by atomic mass is 9.90. The molecule has 1 saturated carbocycles. The molecule has 0 heterocycles. The van der Waals surface area contributed by atoms with E-state index in [1.165, 1.54) is 32.1 Å². The maximum absolute atomic E-state index is 5.43. The van der Waals surface area contributed by atoms with Gasteiger partial charge in [-0.05, 0) is 25.2 Å². The zero-order chi connectivity index (χ0) is 8.65. The minimum atomic E-state index is 0.834. The zero-order valence-corrected chi connectivity index (χ0v) is 8.09. The van der Waals surface area contributed by atoms with Gasteiger partial charge in [0.15, 0.2) is 0 Å². The van der Waals surface area contributed by atoms with Crippen LogP contribution < -0.4 is 0 Å². The molecule has 1 heteroatoms. The van der Waals surface area contributed by atoms with Crippen molar-refractivity contribution in [1.29, 1.82) is 0 Å². The highest BCUT2D eigenvalue weighted by molar-refractivity contribution is 4.72. The lowest BCUT2D eigenvalue weighted by Crippen LogP contribution is -2.11. The summed E-state index contributed by atoms with van der Waals surface area (Å²) in [5.41, 5.74) is 0. The first-order valence-electron chi connectivity index (χ1n) is 5.20. The maximum Gasteiger partial charge on any atom is 0.0901 e. The number of hydrogen-bond donors (Lipinski definition) is 0. The summed E-state index contributed by atoms with van der Waals surface area (Å²) >= 11 is 0. The Kier molecular flexibility index (Phi) is 4.89. The Balaban J connectivity index is 2.01. The first kappa shape index (κ1) is 9.63. The molecule has 0 N–H and O–H groups in total. The van der Waals surface area contributed by atoms with Crippen LogP contribution in [0, 0.1) is 5.92 Å². The van der Waals surface area contributed by atoms with Gasteiger partial charge in [-0.25, -0.2) is 0 Å². The molecule has 0 atom stereocenters. The van der Waals surface area contributed by atoms with Gasteiger partial charge in [0.25, 0.3) is 0 Å². The molecule has 1 nitrogen and oxygen atoms in total. The normalized spacial score (nSPS) is 20.1. The average Bonchev–Trinajstić information content (AvgIpc) is 2.14. The second-order valence-corrected chi connectivity index (χ2v) is 3.62. The number of ether oxygens (including phenoxy) is 1. The Labute approximate surface area is 75.8 Å². The molecule has 1 aliphatic rings. The molecule has 0 aromatic heterocycles. The van der Waals surface area contributed by atoms with E-state index in [1.807, 2.05) is 6.26 Å². The molecule has 0 radical (unpaired) electrons. The third-order valence-corrected chi connectivity index (χ3v) is 2.48. The summed E-state index contributed by atoms with van der Waals surface area (Å²) in [5, 5.41) is 0. The van der Waals surface area contributed by atoms with Crippen molar-refractivity contribution in [2.75, 3.05) is 6.61 Å². The largest absolute Gasteiger partial charge is 0.501 e. The Bertz CT molecular complexity index is 123. The van der Waals surface area contributed by atoms with E-state index < -0.39 is 0 Å². The van der Waals surface area contributed by atoms with E-state index >= 15 is 0 Å². The van der Waals surface area contributed by atoms with Gasteiger partial charge in [0.1, 0.15) is 0 Å². The number of allylic oxidation sites excluding steroid dienone is 1. The van der Waals surface area contributed by atoms with Gasteiger partial charge in [-0.3, -0.25) is 0 Å².